The molecule has 1 heterocycles. The van der Waals surface area contributed by atoms with Gasteiger partial charge in [-0.1, -0.05) is 0 Å². The van der Waals surface area contributed by atoms with Crippen molar-refractivity contribution >= 4 is 14.5 Å². The normalized spacial score (nSPS) is 17.2. The van der Waals surface area contributed by atoms with Gasteiger partial charge in [-0.25, -0.2) is 0 Å². The number of rotatable bonds is 7. The van der Waals surface area contributed by atoms with Crippen LogP contribution in [0.4, 0.5) is 0 Å². The minimum atomic E-state index is -2.04. The number of carbonyl (C=O) groups excluding carboxylic acids is 1. The largest absolute Gasteiger partial charge is 0.395 e. The van der Waals surface area contributed by atoms with Gasteiger partial charge >= 0.3 is 8.56 Å². The van der Waals surface area contributed by atoms with Crippen molar-refractivity contribution in [1.29, 1.82) is 0 Å². The maximum absolute atomic E-state index is 11.5. The van der Waals surface area contributed by atoms with E-state index in [2.05, 4.69) is 6.55 Å². The van der Waals surface area contributed by atoms with Gasteiger partial charge in [0.15, 0.2) is 0 Å². The minimum absolute atomic E-state index is 0.282. The third-order valence-electron chi connectivity index (χ3n) is 2.91. The number of carbonyl (C=O) groups is 1. The second-order valence-corrected chi connectivity index (χ2v) is 7.58. The summed E-state index contributed by atoms with van der Waals surface area (Å²) in [6, 6.07) is 0.875. The van der Waals surface area contributed by atoms with Crippen LogP contribution in [0.15, 0.2) is 0 Å². The predicted octanol–water partition coefficient (Wildman–Crippen LogP) is 1.75. The zero-order valence-electron chi connectivity index (χ0n) is 10.6. The highest BCUT2D eigenvalue weighted by atomic mass is 28.4. The lowest BCUT2D eigenvalue weighted by Crippen LogP contribution is -2.42. The molecule has 0 spiro atoms. The number of amides is 1. The molecule has 1 rings (SSSR count). The Balaban J connectivity index is 2.39. The second kappa shape index (κ2) is 6.37. The van der Waals surface area contributed by atoms with Gasteiger partial charge in [-0.2, -0.15) is 0 Å². The quantitative estimate of drug-likeness (QED) is 0.642. The van der Waals surface area contributed by atoms with Gasteiger partial charge < -0.3 is 13.8 Å². The van der Waals surface area contributed by atoms with Crippen molar-refractivity contribution < 1.29 is 13.6 Å². The van der Waals surface area contributed by atoms with Crippen LogP contribution < -0.4 is 0 Å². The maximum Gasteiger partial charge on any atom is 0.336 e. The van der Waals surface area contributed by atoms with Gasteiger partial charge in [0.05, 0.1) is 0 Å². The van der Waals surface area contributed by atoms with Crippen LogP contribution in [0, 0.1) is 0 Å². The first-order chi connectivity index (χ1) is 7.61. The first-order valence-electron chi connectivity index (χ1n) is 6.17. The molecule has 0 aromatic carbocycles. The summed E-state index contributed by atoms with van der Waals surface area (Å²) in [4.78, 5) is 13.4. The lowest BCUT2D eigenvalue weighted by atomic mass is 10.4. The van der Waals surface area contributed by atoms with Crippen molar-refractivity contribution in [3.63, 3.8) is 0 Å². The number of likely N-dealkylation sites (tertiary alicyclic amines) is 1. The zero-order chi connectivity index (χ0) is 12.0. The molecule has 0 aromatic heterocycles. The first kappa shape index (κ1) is 13.7. The average molecular weight is 245 g/mol. The van der Waals surface area contributed by atoms with E-state index in [0.717, 1.165) is 25.6 Å². The first-order valence-corrected chi connectivity index (χ1v) is 8.69. The molecule has 1 aliphatic rings. The van der Waals surface area contributed by atoms with Gasteiger partial charge in [-0.15, -0.1) is 0 Å². The minimum Gasteiger partial charge on any atom is -0.395 e. The van der Waals surface area contributed by atoms with E-state index in [1.165, 1.54) is 0 Å². The van der Waals surface area contributed by atoms with Crippen LogP contribution in [-0.4, -0.2) is 45.7 Å². The monoisotopic (exact) mass is 245 g/mol. The van der Waals surface area contributed by atoms with Gasteiger partial charge in [0.1, 0.15) is 0 Å². The molecule has 1 aliphatic heterocycles. The Morgan fingerprint density at radius 1 is 1.31 bits per heavy atom. The van der Waals surface area contributed by atoms with Crippen molar-refractivity contribution in [2.75, 3.05) is 26.3 Å². The number of nitrogens with zero attached hydrogens (tertiary/aromatic N) is 1. The van der Waals surface area contributed by atoms with E-state index in [1.807, 2.05) is 18.7 Å². The van der Waals surface area contributed by atoms with Crippen molar-refractivity contribution in [2.45, 2.75) is 39.3 Å². The summed E-state index contributed by atoms with van der Waals surface area (Å²) in [6.45, 7) is 9.15. The molecule has 4 nitrogen and oxygen atoms in total. The Morgan fingerprint density at radius 3 is 2.38 bits per heavy atom. The maximum atomic E-state index is 11.5. The van der Waals surface area contributed by atoms with E-state index < -0.39 is 8.56 Å². The summed E-state index contributed by atoms with van der Waals surface area (Å²) in [5, 5.41) is 0. The molecule has 94 valence electrons. The summed E-state index contributed by atoms with van der Waals surface area (Å²) >= 11 is 0. The fraction of sp³-hybridized carbons (Fsp3) is 0.909. The number of hydrogen-bond acceptors (Lipinski definition) is 3. The SMILES string of the molecule is CCO[Si](C)(CCN1CCCC1=O)OCC. The van der Waals surface area contributed by atoms with Crippen molar-refractivity contribution in [3.05, 3.63) is 0 Å². The van der Waals surface area contributed by atoms with E-state index in [4.69, 9.17) is 8.85 Å². The average Bonchev–Trinajstić information content (AvgIpc) is 2.62. The Kier molecular flexibility index (Phi) is 5.44. The highest BCUT2D eigenvalue weighted by Crippen LogP contribution is 2.17. The number of hydrogen-bond donors (Lipinski definition) is 0. The Hall–Kier alpha value is -0.393. The molecule has 1 saturated heterocycles. The van der Waals surface area contributed by atoms with E-state index in [1.54, 1.807) is 0 Å². The van der Waals surface area contributed by atoms with Gasteiger partial charge in [-0.3, -0.25) is 4.79 Å². The fourth-order valence-corrected chi connectivity index (χ4v) is 4.34. The third-order valence-corrected chi connectivity index (χ3v) is 5.84. The molecule has 16 heavy (non-hydrogen) atoms. The summed E-state index contributed by atoms with van der Waals surface area (Å²) in [5.74, 6) is 0.282. The van der Waals surface area contributed by atoms with Crippen molar-refractivity contribution in [1.82, 2.24) is 4.90 Å². The van der Waals surface area contributed by atoms with Crippen LogP contribution >= 0.6 is 0 Å². The van der Waals surface area contributed by atoms with E-state index in [9.17, 15) is 4.79 Å². The van der Waals surface area contributed by atoms with Gasteiger partial charge in [0.25, 0.3) is 0 Å². The Labute approximate surface area is 99.2 Å². The molecule has 0 aromatic rings. The summed E-state index contributed by atoms with van der Waals surface area (Å²) in [5.41, 5.74) is 0. The second-order valence-electron chi connectivity index (χ2n) is 4.23. The summed E-state index contributed by atoms with van der Waals surface area (Å²) in [6.07, 6.45) is 1.71. The van der Waals surface area contributed by atoms with Gasteiger partial charge in [0.2, 0.25) is 5.91 Å². The van der Waals surface area contributed by atoms with E-state index >= 15 is 0 Å². The van der Waals surface area contributed by atoms with Crippen LogP contribution in [0.25, 0.3) is 0 Å². The van der Waals surface area contributed by atoms with Crippen LogP contribution in [0.2, 0.25) is 12.6 Å². The molecule has 1 fully saturated rings. The molecule has 0 radical (unpaired) electrons. The molecular weight excluding hydrogens is 222 g/mol. The van der Waals surface area contributed by atoms with E-state index in [-0.39, 0.29) is 5.91 Å². The summed E-state index contributed by atoms with van der Waals surface area (Å²) in [7, 11) is -2.04. The van der Waals surface area contributed by atoms with Crippen molar-refractivity contribution in [3.8, 4) is 0 Å². The van der Waals surface area contributed by atoms with Crippen LogP contribution in [0.3, 0.4) is 0 Å². The Bertz CT molecular complexity index is 229. The molecule has 0 saturated carbocycles. The van der Waals surface area contributed by atoms with Crippen LogP contribution in [0.1, 0.15) is 26.7 Å². The molecular formula is C11H23NO3Si. The molecule has 0 aliphatic carbocycles. The molecule has 0 N–H and O–H groups in total. The lowest BCUT2D eigenvalue weighted by Gasteiger charge is -2.28. The van der Waals surface area contributed by atoms with Gasteiger partial charge in [-0.05, 0) is 26.8 Å². The molecule has 0 atom stereocenters. The standard InChI is InChI=1S/C11H23NO3Si/c1-4-14-16(3,15-5-2)10-9-12-8-6-7-11(12)13/h4-10H2,1-3H3. The molecule has 1 amide bonds. The zero-order valence-corrected chi connectivity index (χ0v) is 11.6. The third kappa shape index (κ3) is 3.88. The molecule has 0 unspecified atom stereocenters. The summed E-state index contributed by atoms with van der Waals surface area (Å²) < 4.78 is 11.5. The highest BCUT2D eigenvalue weighted by Gasteiger charge is 2.32. The van der Waals surface area contributed by atoms with Crippen LogP contribution in [-0.2, 0) is 13.6 Å². The predicted molar refractivity (Wildman–Crippen MR) is 65.5 cm³/mol. The Morgan fingerprint density at radius 2 is 1.94 bits per heavy atom. The topological polar surface area (TPSA) is 38.8 Å². The lowest BCUT2D eigenvalue weighted by molar-refractivity contribution is -0.127. The fourth-order valence-electron chi connectivity index (χ4n) is 2.08. The molecule has 5 heteroatoms. The highest BCUT2D eigenvalue weighted by molar-refractivity contribution is 6.66. The van der Waals surface area contributed by atoms with Crippen molar-refractivity contribution in [2.24, 2.45) is 0 Å². The molecule has 0 bridgehead atoms. The smallest absolute Gasteiger partial charge is 0.336 e. The van der Waals surface area contributed by atoms with Crippen LogP contribution in [0.5, 0.6) is 0 Å². The van der Waals surface area contributed by atoms with Gasteiger partial charge in [0, 0.05) is 38.8 Å². The van der Waals surface area contributed by atoms with E-state index in [0.29, 0.717) is 19.6 Å².